The molecular formula is C19H24N4O3. The van der Waals surface area contributed by atoms with E-state index in [1.54, 1.807) is 24.0 Å². The quantitative estimate of drug-likeness (QED) is 0.844. The normalized spacial score (nSPS) is 18.1. The van der Waals surface area contributed by atoms with Crippen molar-refractivity contribution < 1.29 is 14.1 Å². The van der Waals surface area contributed by atoms with Crippen LogP contribution in [0.25, 0.3) is 0 Å². The van der Waals surface area contributed by atoms with Crippen LogP contribution in [0.2, 0.25) is 0 Å². The number of amides is 2. The molecule has 1 fully saturated rings. The summed E-state index contributed by atoms with van der Waals surface area (Å²) in [5.41, 5.74) is 0.609. The predicted molar refractivity (Wildman–Crippen MR) is 95.3 cm³/mol. The second-order valence-corrected chi connectivity index (χ2v) is 6.83. The van der Waals surface area contributed by atoms with E-state index in [0.29, 0.717) is 43.3 Å². The summed E-state index contributed by atoms with van der Waals surface area (Å²) >= 11 is 0. The first-order chi connectivity index (χ1) is 12.5. The van der Waals surface area contributed by atoms with E-state index in [9.17, 15) is 9.59 Å². The molecule has 2 aromatic rings. The van der Waals surface area contributed by atoms with Crippen LogP contribution in [0.4, 0.5) is 0 Å². The maximum Gasteiger partial charge on any atom is 0.254 e. The van der Waals surface area contributed by atoms with E-state index in [1.807, 2.05) is 36.9 Å². The van der Waals surface area contributed by atoms with Gasteiger partial charge in [-0.15, -0.1) is 0 Å². The van der Waals surface area contributed by atoms with Crippen molar-refractivity contribution in [2.24, 2.45) is 5.92 Å². The number of rotatable bonds is 3. The Hall–Kier alpha value is -2.70. The average molecular weight is 356 g/mol. The van der Waals surface area contributed by atoms with Crippen molar-refractivity contribution in [2.75, 3.05) is 19.6 Å². The minimum atomic E-state index is -0.339. The molecule has 26 heavy (non-hydrogen) atoms. The van der Waals surface area contributed by atoms with Crippen molar-refractivity contribution in [3.05, 3.63) is 47.6 Å². The molecule has 3 rings (SSSR count). The Morgan fingerprint density at radius 1 is 1.15 bits per heavy atom. The monoisotopic (exact) mass is 356 g/mol. The number of hydrogen-bond acceptors (Lipinski definition) is 5. The molecule has 0 N–H and O–H groups in total. The van der Waals surface area contributed by atoms with Crippen LogP contribution in [-0.4, -0.2) is 51.4 Å². The second-order valence-electron chi connectivity index (χ2n) is 6.83. The highest BCUT2D eigenvalue weighted by Gasteiger charge is 2.34. The van der Waals surface area contributed by atoms with Crippen LogP contribution in [0.15, 0.2) is 34.9 Å². The van der Waals surface area contributed by atoms with Gasteiger partial charge in [0.1, 0.15) is 6.04 Å². The van der Waals surface area contributed by atoms with Gasteiger partial charge in [0.2, 0.25) is 11.8 Å². The molecule has 0 spiro atoms. The number of carbonyl (C=O) groups is 2. The van der Waals surface area contributed by atoms with Crippen LogP contribution in [0.3, 0.4) is 0 Å². The number of carbonyl (C=O) groups excluding carboxylic acids is 2. The molecule has 1 saturated heterocycles. The number of nitrogens with zero attached hydrogens (tertiary/aromatic N) is 4. The molecule has 0 saturated carbocycles. The summed E-state index contributed by atoms with van der Waals surface area (Å²) in [6.07, 6.45) is 0.568. The number of aromatic nitrogens is 2. The van der Waals surface area contributed by atoms with E-state index in [0.717, 1.165) is 0 Å². The molecule has 1 aliphatic rings. The molecule has 0 radical (unpaired) electrons. The molecule has 1 aliphatic heterocycles. The maximum absolute atomic E-state index is 13.1. The van der Waals surface area contributed by atoms with Gasteiger partial charge in [-0.2, -0.15) is 4.98 Å². The number of aryl methyl sites for hydroxylation is 1. The Bertz CT molecular complexity index is 772. The summed E-state index contributed by atoms with van der Waals surface area (Å²) in [7, 11) is 0. The zero-order valence-corrected chi connectivity index (χ0v) is 15.4. The summed E-state index contributed by atoms with van der Waals surface area (Å²) in [5.74, 6) is 0.886. The largest absolute Gasteiger partial charge is 0.341 e. The van der Waals surface area contributed by atoms with Crippen LogP contribution in [0.5, 0.6) is 0 Å². The lowest BCUT2D eigenvalue weighted by Crippen LogP contribution is -2.39. The Morgan fingerprint density at radius 3 is 2.50 bits per heavy atom. The Labute approximate surface area is 153 Å². The zero-order valence-electron chi connectivity index (χ0n) is 15.4. The van der Waals surface area contributed by atoms with E-state index < -0.39 is 0 Å². The summed E-state index contributed by atoms with van der Waals surface area (Å²) in [6.45, 7) is 7.01. The predicted octanol–water partition coefficient (Wildman–Crippen LogP) is 2.45. The lowest BCUT2D eigenvalue weighted by atomic mass is 10.1. The third kappa shape index (κ3) is 3.76. The first kappa shape index (κ1) is 18.1. The van der Waals surface area contributed by atoms with Gasteiger partial charge in [0, 0.05) is 31.1 Å². The van der Waals surface area contributed by atoms with E-state index in [-0.39, 0.29) is 23.8 Å². The maximum atomic E-state index is 13.1. The standard InChI is InChI=1S/C19H24N4O3/c1-13(2)18(24)22-10-9-16(17-20-14(3)21-26-17)23(12-11-22)19(25)15-7-5-4-6-8-15/h4-8,13,16H,9-12H2,1-3H3. The molecule has 2 heterocycles. The third-order valence-corrected chi connectivity index (χ3v) is 4.58. The average Bonchev–Trinajstić information content (AvgIpc) is 2.95. The van der Waals surface area contributed by atoms with Crippen molar-refractivity contribution in [3.8, 4) is 0 Å². The fourth-order valence-electron chi connectivity index (χ4n) is 3.21. The Balaban J connectivity index is 1.89. The third-order valence-electron chi connectivity index (χ3n) is 4.58. The van der Waals surface area contributed by atoms with Gasteiger partial charge < -0.3 is 14.3 Å². The molecule has 0 aliphatic carbocycles. The fraction of sp³-hybridized carbons (Fsp3) is 0.474. The minimum Gasteiger partial charge on any atom is -0.341 e. The first-order valence-electron chi connectivity index (χ1n) is 8.92. The summed E-state index contributed by atoms with van der Waals surface area (Å²) < 4.78 is 5.36. The Kier molecular flexibility index (Phi) is 5.35. The highest BCUT2D eigenvalue weighted by Crippen LogP contribution is 2.28. The topological polar surface area (TPSA) is 79.5 Å². The molecule has 1 atom stereocenters. The van der Waals surface area contributed by atoms with Crippen LogP contribution in [-0.2, 0) is 4.79 Å². The highest BCUT2D eigenvalue weighted by molar-refractivity contribution is 5.94. The highest BCUT2D eigenvalue weighted by atomic mass is 16.5. The van der Waals surface area contributed by atoms with E-state index in [1.165, 1.54) is 0 Å². The molecule has 1 unspecified atom stereocenters. The van der Waals surface area contributed by atoms with E-state index in [4.69, 9.17) is 4.52 Å². The molecule has 7 nitrogen and oxygen atoms in total. The fourth-order valence-corrected chi connectivity index (χ4v) is 3.21. The van der Waals surface area contributed by atoms with E-state index >= 15 is 0 Å². The van der Waals surface area contributed by atoms with Crippen molar-refractivity contribution in [3.63, 3.8) is 0 Å². The molecule has 2 amide bonds. The van der Waals surface area contributed by atoms with Gasteiger partial charge in [0.15, 0.2) is 5.82 Å². The van der Waals surface area contributed by atoms with Gasteiger partial charge in [-0.1, -0.05) is 37.2 Å². The van der Waals surface area contributed by atoms with Crippen LogP contribution in [0, 0.1) is 12.8 Å². The van der Waals surface area contributed by atoms with Gasteiger partial charge in [0.05, 0.1) is 0 Å². The second kappa shape index (κ2) is 7.68. The summed E-state index contributed by atoms with van der Waals surface area (Å²) in [5, 5.41) is 3.87. The minimum absolute atomic E-state index is 0.0736. The van der Waals surface area contributed by atoms with E-state index in [2.05, 4.69) is 10.1 Å². The lowest BCUT2D eigenvalue weighted by Gasteiger charge is -2.27. The van der Waals surface area contributed by atoms with Crippen molar-refractivity contribution >= 4 is 11.8 Å². The molecule has 1 aromatic heterocycles. The summed E-state index contributed by atoms with van der Waals surface area (Å²) in [6, 6.07) is 8.80. The van der Waals surface area contributed by atoms with Crippen molar-refractivity contribution in [2.45, 2.75) is 33.2 Å². The SMILES string of the molecule is Cc1noc(C2CCN(C(=O)C(C)C)CCN2C(=O)c2ccccc2)n1. The van der Waals surface area contributed by atoms with Crippen molar-refractivity contribution in [1.82, 2.24) is 19.9 Å². The Morgan fingerprint density at radius 2 is 1.88 bits per heavy atom. The van der Waals surface area contributed by atoms with Gasteiger partial charge >= 0.3 is 0 Å². The van der Waals surface area contributed by atoms with Gasteiger partial charge in [0.25, 0.3) is 5.91 Å². The molecule has 138 valence electrons. The van der Waals surface area contributed by atoms with Crippen LogP contribution in [0.1, 0.15) is 48.4 Å². The summed E-state index contributed by atoms with van der Waals surface area (Å²) in [4.78, 5) is 33.4. The molecule has 1 aromatic carbocycles. The van der Waals surface area contributed by atoms with Crippen LogP contribution >= 0.6 is 0 Å². The zero-order chi connectivity index (χ0) is 18.7. The lowest BCUT2D eigenvalue weighted by molar-refractivity contribution is -0.134. The number of benzene rings is 1. The van der Waals surface area contributed by atoms with Gasteiger partial charge in [-0.3, -0.25) is 9.59 Å². The number of hydrogen-bond donors (Lipinski definition) is 0. The van der Waals surface area contributed by atoms with Gasteiger partial charge in [-0.05, 0) is 25.5 Å². The molecule has 7 heteroatoms. The van der Waals surface area contributed by atoms with Gasteiger partial charge in [-0.25, -0.2) is 0 Å². The molecular weight excluding hydrogens is 332 g/mol. The first-order valence-corrected chi connectivity index (χ1v) is 8.92. The van der Waals surface area contributed by atoms with Crippen molar-refractivity contribution in [1.29, 1.82) is 0 Å². The smallest absolute Gasteiger partial charge is 0.254 e. The van der Waals surface area contributed by atoms with Crippen LogP contribution < -0.4 is 0 Å². The molecule has 0 bridgehead atoms.